The zero-order valence-electron chi connectivity index (χ0n) is 15.0. The molecular formula is C16H22O8Si2. The maximum Gasteiger partial charge on any atom is 0.890 e. The van der Waals surface area contributed by atoms with Crippen molar-refractivity contribution >= 4 is 40.7 Å². The number of rotatable bonds is 6. The Kier molecular flexibility index (Phi) is 6.70. The lowest BCUT2D eigenvalue weighted by Gasteiger charge is -2.38. The van der Waals surface area contributed by atoms with Crippen molar-refractivity contribution in [1.29, 1.82) is 0 Å². The fourth-order valence-corrected chi connectivity index (χ4v) is 9.58. The highest BCUT2D eigenvalue weighted by Crippen LogP contribution is 2.28. The van der Waals surface area contributed by atoms with Crippen molar-refractivity contribution in [3.63, 3.8) is 0 Å². The molecule has 10 heteroatoms. The lowest BCUT2D eigenvalue weighted by molar-refractivity contribution is -0.153. The topological polar surface area (TPSA) is 97.4 Å². The summed E-state index contributed by atoms with van der Waals surface area (Å²) in [4.78, 5) is 34.9. The van der Waals surface area contributed by atoms with Crippen molar-refractivity contribution in [2.24, 2.45) is 0 Å². The Morgan fingerprint density at radius 2 is 1.46 bits per heavy atom. The molecule has 1 atom stereocenters. The molecule has 1 aliphatic rings. The fraction of sp³-hybridized carbons (Fsp3) is 0.438. The molecule has 0 amide bonds. The van der Waals surface area contributed by atoms with E-state index in [0.717, 1.165) is 38.8 Å². The predicted molar refractivity (Wildman–Crippen MR) is 94.0 cm³/mol. The maximum atomic E-state index is 11.6. The van der Waals surface area contributed by atoms with Gasteiger partial charge in [-0.2, -0.15) is 0 Å². The standard InChI is InChI=1S/C16H22O8Si2/c1-13(17)21-26(22-14(2)18,23-15(3)19)24-25(12-8-7-11-20-25)16-9-5-4-6-10-16/h4-6,9-10H,7-8,11-12H2,1-3H3. The second-order valence-electron chi connectivity index (χ2n) is 5.81. The summed E-state index contributed by atoms with van der Waals surface area (Å²) in [6.45, 7) is 3.82. The average Bonchev–Trinajstić information content (AvgIpc) is 2.54. The van der Waals surface area contributed by atoms with Gasteiger partial charge in [-0.1, -0.05) is 30.3 Å². The summed E-state index contributed by atoms with van der Waals surface area (Å²) in [7, 11) is -7.60. The zero-order valence-corrected chi connectivity index (χ0v) is 17.0. The van der Waals surface area contributed by atoms with E-state index < -0.39 is 35.5 Å². The first-order valence-corrected chi connectivity index (χ1v) is 11.9. The van der Waals surface area contributed by atoms with Crippen molar-refractivity contribution in [1.82, 2.24) is 0 Å². The van der Waals surface area contributed by atoms with Gasteiger partial charge < -0.3 is 21.8 Å². The van der Waals surface area contributed by atoms with Crippen molar-refractivity contribution in [2.45, 2.75) is 39.7 Å². The molecule has 1 fully saturated rings. The quantitative estimate of drug-likeness (QED) is 0.661. The summed E-state index contributed by atoms with van der Waals surface area (Å²) in [5.41, 5.74) is 0. The Hall–Kier alpha value is -2.02. The Labute approximate surface area is 154 Å². The highest BCUT2D eigenvalue weighted by atomic mass is 28.5. The molecule has 1 saturated heterocycles. The Bertz CT molecular complexity index is 617. The largest absolute Gasteiger partial charge is 0.890 e. The summed E-state index contributed by atoms with van der Waals surface area (Å²) < 4.78 is 27.6. The molecule has 1 aromatic rings. The lowest BCUT2D eigenvalue weighted by Crippen LogP contribution is -2.66. The molecule has 26 heavy (non-hydrogen) atoms. The molecule has 8 nitrogen and oxygen atoms in total. The molecule has 142 valence electrons. The number of hydrogen-bond donors (Lipinski definition) is 0. The van der Waals surface area contributed by atoms with Gasteiger partial charge in [-0.25, -0.2) is 0 Å². The van der Waals surface area contributed by atoms with Crippen LogP contribution in [0.2, 0.25) is 6.04 Å². The molecule has 1 unspecified atom stereocenters. The van der Waals surface area contributed by atoms with Gasteiger partial charge in [0, 0.05) is 27.4 Å². The minimum atomic E-state index is -4.44. The second-order valence-corrected chi connectivity index (χ2v) is 11.1. The van der Waals surface area contributed by atoms with Crippen LogP contribution in [0.5, 0.6) is 0 Å². The lowest BCUT2D eigenvalue weighted by atomic mass is 10.3. The van der Waals surface area contributed by atoms with Gasteiger partial charge in [0.15, 0.2) is 0 Å². The maximum absolute atomic E-state index is 11.6. The highest BCUT2D eigenvalue weighted by molar-refractivity contribution is 6.87. The number of carbonyl (C=O) groups excluding carboxylic acids is 3. The van der Waals surface area contributed by atoms with Crippen LogP contribution in [0.25, 0.3) is 0 Å². The van der Waals surface area contributed by atoms with E-state index in [-0.39, 0.29) is 0 Å². The van der Waals surface area contributed by atoms with Gasteiger partial charge in [-0.05, 0) is 24.1 Å². The molecule has 0 N–H and O–H groups in total. The second kappa shape index (κ2) is 8.58. The number of carbonyl (C=O) groups is 3. The van der Waals surface area contributed by atoms with E-state index in [4.69, 9.17) is 21.8 Å². The molecule has 2 rings (SSSR count). The van der Waals surface area contributed by atoms with Gasteiger partial charge in [0.2, 0.25) is 0 Å². The van der Waals surface area contributed by atoms with Crippen LogP contribution in [-0.2, 0) is 36.2 Å². The summed E-state index contributed by atoms with van der Waals surface area (Å²) in [6, 6.07) is 9.74. The third-order valence-electron chi connectivity index (χ3n) is 3.55. The Balaban J connectivity index is 2.48. The molecular weight excluding hydrogens is 376 g/mol. The van der Waals surface area contributed by atoms with Gasteiger partial charge >= 0.3 is 17.6 Å². The summed E-state index contributed by atoms with van der Waals surface area (Å²) >= 11 is 0. The van der Waals surface area contributed by atoms with Crippen LogP contribution < -0.4 is 5.19 Å². The fourth-order valence-electron chi connectivity index (χ4n) is 2.68. The molecule has 1 heterocycles. The average molecular weight is 399 g/mol. The molecule has 0 aliphatic carbocycles. The van der Waals surface area contributed by atoms with Crippen LogP contribution in [-0.4, -0.2) is 42.1 Å². The van der Waals surface area contributed by atoms with Crippen molar-refractivity contribution in [2.75, 3.05) is 6.61 Å². The number of hydrogen-bond acceptors (Lipinski definition) is 8. The van der Waals surface area contributed by atoms with Gasteiger partial charge in [0.05, 0.1) is 0 Å². The monoisotopic (exact) mass is 398 g/mol. The minimum absolute atomic E-state index is 0.450. The first kappa shape index (κ1) is 20.3. The SMILES string of the molecule is CC(=O)O[Si](OC(C)=O)(OC(C)=O)O[Si]1(c2ccccc2)CCCCO1. The van der Waals surface area contributed by atoms with E-state index in [1.807, 2.05) is 30.3 Å². The van der Waals surface area contributed by atoms with E-state index in [1.54, 1.807) is 0 Å². The smallest absolute Gasteiger partial charge is 0.433 e. The summed E-state index contributed by atoms with van der Waals surface area (Å²) in [5.74, 6) is -2.36. The molecule has 0 aromatic heterocycles. The van der Waals surface area contributed by atoms with E-state index in [1.165, 1.54) is 0 Å². The van der Waals surface area contributed by atoms with Crippen LogP contribution in [0.4, 0.5) is 0 Å². The third-order valence-corrected chi connectivity index (χ3v) is 10.4. The van der Waals surface area contributed by atoms with Gasteiger partial charge in [-0.15, -0.1) is 0 Å². The molecule has 0 saturated carbocycles. The molecule has 1 aromatic carbocycles. The molecule has 0 spiro atoms. The predicted octanol–water partition coefficient (Wildman–Crippen LogP) is 1.29. The van der Waals surface area contributed by atoms with E-state index in [2.05, 4.69) is 0 Å². The Morgan fingerprint density at radius 1 is 0.923 bits per heavy atom. The van der Waals surface area contributed by atoms with Crippen molar-refractivity contribution < 1.29 is 36.2 Å². The zero-order chi connectivity index (χ0) is 19.2. The van der Waals surface area contributed by atoms with Crippen LogP contribution >= 0.6 is 0 Å². The van der Waals surface area contributed by atoms with Crippen LogP contribution in [0.3, 0.4) is 0 Å². The third kappa shape index (κ3) is 5.24. The van der Waals surface area contributed by atoms with Gasteiger partial charge in [-0.3, -0.25) is 14.4 Å². The van der Waals surface area contributed by atoms with Gasteiger partial charge in [0.25, 0.3) is 17.9 Å². The van der Waals surface area contributed by atoms with E-state index in [0.29, 0.717) is 12.7 Å². The van der Waals surface area contributed by atoms with Crippen molar-refractivity contribution in [3.8, 4) is 0 Å². The Morgan fingerprint density at radius 3 is 1.88 bits per heavy atom. The molecule has 0 radical (unpaired) electrons. The molecule has 1 aliphatic heterocycles. The normalized spacial score (nSPS) is 20.1. The minimum Gasteiger partial charge on any atom is -0.433 e. The van der Waals surface area contributed by atoms with E-state index >= 15 is 0 Å². The first-order chi connectivity index (χ1) is 12.3. The molecule has 0 bridgehead atoms. The van der Waals surface area contributed by atoms with Crippen molar-refractivity contribution in [3.05, 3.63) is 30.3 Å². The van der Waals surface area contributed by atoms with Crippen LogP contribution in [0, 0.1) is 0 Å². The first-order valence-electron chi connectivity index (χ1n) is 8.25. The summed E-state index contributed by atoms with van der Waals surface area (Å²) in [6.07, 6.45) is 1.68. The van der Waals surface area contributed by atoms with Crippen LogP contribution in [0.15, 0.2) is 30.3 Å². The van der Waals surface area contributed by atoms with Crippen LogP contribution in [0.1, 0.15) is 33.6 Å². The summed E-state index contributed by atoms with van der Waals surface area (Å²) in [5, 5.41) is 0.781. The van der Waals surface area contributed by atoms with Gasteiger partial charge in [0.1, 0.15) is 0 Å². The van der Waals surface area contributed by atoms with E-state index in [9.17, 15) is 14.4 Å². The number of benzene rings is 1. The highest BCUT2D eigenvalue weighted by Gasteiger charge is 2.64.